The molecule has 1 amide bonds. The van der Waals surface area contributed by atoms with Crippen molar-refractivity contribution in [2.24, 2.45) is 0 Å². The lowest BCUT2D eigenvalue weighted by Crippen LogP contribution is -2.38. The summed E-state index contributed by atoms with van der Waals surface area (Å²) < 4.78 is 31.1. The van der Waals surface area contributed by atoms with Gasteiger partial charge in [0.1, 0.15) is 0 Å². The van der Waals surface area contributed by atoms with Crippen molar-refractivity contribution in [2.45, 2.75) is 48.6 Å². The quantitative estimate of drug-likeness (QED) is 0.533. The third-order valence-corrected chi connectivity index (χ3v) is 8.43. The number of carbonyl (C=O) groups is 1. The van der Waals surface area contributed by atoms with Crippen LogP contribution in [0.15, 0.2) is 68.3 Å². The molecule has 0 saturated carbocycles. The fourth-order valence-corrected chi connectivity index (χ4v) is 6.03. The number of rotatable bonds is 7. The van der Waals surface area contributed by atoms with Gasteiger partial charge in [0, 0.05) is 11.4 Å². The van der Waals surface area contributed by atoms with Crippen molar-refractivity contribution >= 4 is 27.1 Å². The fourth-order valence-electron chi connectivity index (χ4n) is 3.99. The lowest BCUT2D eigenvalue weighted by Gasteiger charge is -2.30. The number of nitrogens with one attached hydrogen (secondary N) is 1. The molecule has 0 aliphatic carbocycles. The van der Waals surface area contributed by atoms with Gasteiger partial charge in [0.15, 0.2) is 5.76 Å². The topological polar surface area (TPSA) is 79.6 Å². The first kappa shape index (κ1) is 22.8. The maximum atomic E-state index is 12.8. The molecule has 1 fully saturated rings. The highest BCUT2D eigenvalue weighted by atomic mass is 32.2. The third-order valence-electron chi connectivity index (χ3n) is 5.81. The molecular weight excluding hydrogens is 444 g/mol. The first-order valence-corrected chi connectivity index (χ1v) is 13.3. The molecule has 1 aromatic carbocycles. The number of benzene rings is 1. The summed E-state index contributed by atoms with van der Waals surface area (Å²) in [5, 5.41) is 4.78. The zero-order valence-corrected chi connectivity index (χ0v) is 19.8. The van der Waals surface area contributed by atoms with Crippen LogP contribution in [0.1, 0.15) is 52.7 Å². The molecule has 4 rings (SSSR count). The summed E-state index contributed by atoms with van der Waals surface area (Å²) in [6.07, 6.45) is 4.80. The fraction of sp³-hybridized carbons (Fsp3) is 0.375. The Kier molecular flexibility index (Phi) is 7.13. The highest BCUT2D eigenvalue weighted by Crippen LogP contribution is 2.28. The van der Waals surface area contributed by atoms with E-state index in [4.69, 9.17) is 4.42 Å². The Bertz CT molecular complexity index is 1130. The molecular formula is C24H28N2O4S2. The highest BCUT2D eigenvalue weighted by molar-refractivity contribution is 7.91. The van der Waals surface area contributed by atoms with Crippen LogP contribution in [0.2, 0.25) is 0 Å². The van der Waals surface area contributed by atoms with E-state index >= 15 is 0 Å². The van der Waals surface area contributed by atoms with Crippen molar-refractivity contribution < 1.29 is 17.6 Å². The van der Waals surface area contributed by atoms with Crippen molar-refractivity contribution in [3.63, 3.8) is 0 Å². The van der Waals surface area contributed by atoms with E-state index in [0.29, 0.717) is 6.54 Å². The summed E-state index contributed by atoms with van der Waals surface area (Å²) in [7, 11) is -3.81. The van der Waals surface area contributed by atoms with E-state index in [9.17, 15) is 13.2 Å². The van der Waals surface area contributed by atoms with E-state index in [0.717, 1.165) is 31.5 Å². The largest absolute Gasteiger partial charge is 0.439 e. The van der Waals surface area contributed by atoms with Crippen LogP contribution in [0, 0.1) is 6.92 Å². The number of hydrogen-bond acceptors (Lipinski definition) is 6. The van der Waals surface area contributed by atoms with Crippen LogP contribution in [-0.4, -0.2) is 38.9 Å². The van der Waals surface area contributed by atoms with Crippen LogP contribution in [0.3, 0.4) is 0 Å². The highest BCUT2D eigenvalue weighted by Gasteiger charge is 2.26. The van der Waals surface area contributed by atoms with Crippen molar-refractivity contribution in [3.8, 4) is 0 Å². The van der Waals surface area contributed by atoms with E-state index in [2.05, 4.69) is 21.7 Å². The van der Waals surface area contributed by atoms with Gasteiger partial charge in [0.25, 0.3) is 5.91 Å². The van der Waals surface area contributed by atoms with Crippen LogP contribution < -0.4 is 5.32 Å². The molecule has 8 heteroatoms. The van der Waals surface area contributed by atoms with Crippen LogP contribution in [0.25, 0.3) is 0 Å². The molecule has 1 N–H and O–H groups in total. The molecule has 1 atom stereocenters. The monoisotopic (exact) mass is 472 g/mol. The first-order valence-electron chi connectivity index (χ1n) is 10.9. The summed E-state index contributed by atoms with van der Waals surface area (Å²) >= 11 is 1.69. The summed E-state index contributed by atoms with van der Waals surface area (Å²) in [6, 6.07) is 13.5. The van der Waals surface area contributed by atoms with Gasteiger partial charge in [-0.25, -0.2) is 8.42 Å². The minimum absolute atomic E-state index is 0.00326. The molecule has 0 radical (unpaired) electrons. The Morgan fingerprint density at radius 1 is 1.06 bits per heavy atom. The number of furan rings is 1. The molecule has 6 nitrogen and oxygen atoms in total. The molecule has 0 bridgehead atoms. The Morgan fingerprint density at radius 2 is 1.78 bits per heavy atom. The lowest BCUT2D eigenvalue weighted by molar-refractivity contribution is 0.0901. The molecule has 0 spiro atoms. The Balaban J connectivity index is 1.46. The molecule has 1 aliphatic heterocycles. The maximum Gasteiger partial charge on any atom is 0.287 e. The molecule has 170 valence electrons. The van der Waals surface area contributed by atoms with Gasteiger partial charge >= 0.3 is 0 Å². The zero-order chi connectivity index (χ0) is 22.6. The second-order valence-electron chi connectivity index (χ2n) is 8.13. The smallest absolute Gasteiger partial charge is 0.287 e. The second kappa shape index (κ2) is 10.0. The van der Waals surface area contributed by atoms with Gasteiger partial charge in [-0.05, 0) is 68.6 Å². The maximum absolute atomic E-state index is 12.8. The molecule has 2 aromatic heterocycles. The van der Waals surface area contributed by atoms with Gasteiger partial charge in [0.2, 0.25) is 14.9 Å². The number of hydrogen-bond donors (Lipinski definition) is 1. The number of nitrogens with zero attached hydrogens (tertiary/aromatic N) is 1. The molecule has 1 saturated heterocycles. The van der Waals surface area contributed by atoms with Gasteiger partial charge in [0.05, 0.1) is 10.9 Å². The molecule has 3 aromatic rings. The molecule has 1 unspecified atom stereocenters. The average molecular weight is 473 g/mol. The van der Waals surface area contributed by atoms with Crippen molar-refractivity contribution in [1.82, 2.24) is 10.2 Å². The van der Waals surface area contributed by atoms with Crippen molar-refractivity contribution in [2.75, 3.05) is 19.6 Å². The third kappa shape index (κ3) is 5.14. The Labute approximate surface area is 193 Å². The number of aryl methyl sites for hydroxylation is 1. The second-order valence-corrected chi connectivity index (χ2v) is 11.0. The Morgan fingerprint density at radius 3 is 2.44 bits per heavy atom. The average Bonchev–Trinajstić information content (AvgIpc) is 3.43. The molecule has 32 heavy (non-hydrogen) atoms. The SMILES string of the molecule is Cc1ccc(S(=O)(=O)c2ccc(C(=O)NCC(c3cccs3)N3CCCCCC3)o2)cc1. The summed E-state index contributed by atoms with van der Waals surface area (Å²) in [4.78, 5) is 16.6. The van der Waals surface area contributed by atoms with Gasteiger partial charge in [-0.1, -0.05) is 36.6 Å². The Hall–Kier alpha value is -2.42. The summed E-state index contributed by atoms with van der Waals surface area (Å²) in [5.74, 6) is -0.414. The van der Waals surface area contributed by atoms with E-state index in [-0.39, 0.29) is 21.8 Å². The molecule has 1 aliphatic rings. The number of thiophene rings is 1. The predicted molar refractivity (Wildman–Crippen MR) is 125 cm³/mol. The lowest BCUT2D eigenvalue weighted by atomic mass is 10.2. The van der Waals surface area contributed by atoms with Crippen LogP contribution in [-0.2, 0) is 9.84 Å². The van der Waals surface area contributed by atoms with Crippen molar-refractivity contribution in [3.05, 3.63) is 70.1 Å². The molecule has 3 heterocycles. The normalized spacial score (nSPS) is 16.4. The minimum Gasteiger partial charge on any atom is -0.439 e. The number of likely N-dealkylation sites (tertiary alicyclic amines) is 1. The summed E-state index contributed by atoms with van der Waals surface area (Å²) in [6.45, 7) is 4.36. The van der Waals surface area contributed by atoms with E-state index < -0.39 is 15.7 Å². The van der Waals surface area contributed by atoms with Crippen LogP contribution in [0.5, 0.6) is 0 Å². The van der Waals surface area contributed by atoms with Crippen LogP contribution in [0.4, 0.5) is 0 Å². The summed E-state index contributed by atoms with van der Waals surface area (Å²) in [5.41, 5.74) is 0.966. The number of carbonyl (C=O) groups excluding carboxylic acids is 1. The van der Waals surface area contributed by atoms with E-state index in [1.54, 1.807) is 35.6 Å². The predicted octanol–water partition coefficient (Wildman–Crippen LogP) is 4.83. The van der Waals surface area contributed by atoms with E-state index in [1.165, 1.54) is 29.9 Å². The number of sulfone groups is 1. The van der Waals surface area contributed by atoms with E-state index in [1.807, 2.05) is 13.0 Å². The van der Waals surface area contributed by atoms with Gasteiger partial charge in [-0.2, -0.15) is 0 Å². The minimum atomic E-state index is -3.81. The van der Waals surface area contributed by atoms with Crippen LogP contribution >= 0.6 is 11.3 Å². The van der Waals surface area contributed by atoms with Gasteiger partial charge in [-0.3, -0.25) is 9.69 Å². The number of amides is 1. The standard InChI is InChI=1S/C24H28N2O4S2/c1-18-8-10-19(11-9-18)32(28,29)23-13-12-21(30-23)24(27)25-17-20(22-7-6-16-31-22)26-14-4-2-3-5-15-26/h6-13,16,20H,2-5,14-15,17H2,1H3,(H,25,27). The zero-order valence-electron chi connectivity index (χ0n) is 18.1. The van der Waals surface area contributed by atoms with Gasteiger partial charge in [-0.15, -0.1) is 11.3 Å². The van der Waals surface area contributed by atoms with Crippen molar-refractivity contribution in [1.29, 1.82) is 0 Å². The van der Waals surface area contributed by atoms with Gasteiger partial charge < -0.3 is 9.73 Å². The first-order chi connectivity index (χ1) is 15.4.